The summed E-state index contributed by atoms with van der Waals surface area (Å²) >= 11 is 16.4. The third-order valence-corrected chi connectivity index (χ3v) is 2.93. The Bertz CT molecular complexity index is 525. The highest BCUT2D eigenvalue weighted by Crippen LogP contribution is 2.39. The minimum atomic E-state index is -4.56. The Morgan fingerprint density at radius 1 is 1.10 bits per heavy atom. The largest absolute Gasteiger partial charge is 0.417 e. The van der Waals surface area contributed by atoms with E-state index in [0.717, 1.165) is 12.1 Å². The Hall–Kier alpha value is -0.720. The van der Waals surface area contributed by atoms with E-state index < -0.39 is 16.8 Å². The van der Waals surface area contributed by atoms with Crippen LogP contribution in [0.1, 0.15) is 26.3 Å². The average Bonchev–Trinajstić information content (AvgIpc) is 2.17. The summed E-state index contributed by atoms with van der Waals surface area (Å²) in [5.74, 6) is 0. The number of benzene rings is 1. The lowest BCUT2D eigenvalue weighted by Crippen LogP contribution is -2.43. The fourth-order valence-corrected chi connectivity index (χ4v) is 2.31. The molecule has 1 rings (SSSR count). The first-order chi connectivity index (χ1) is 8.90. The van der Waals surface area contributed by atoms with Gasteiger partial charge in [-0.15, -0.1) is 0 Å². The number of thiocarbonyl (C=S) groups is 1. The van der Waals surface area contributed by atoms with E-state index in [1.807, 2.05) is 20.8 Å². The molecule has 112 valence electrons. The molecule has 0 aliphatic carbocycles. The SMILES string of the molecule is CC(C)(C)NC(=S)Nc1cc(C(F)(F)F)c(Cl)cc1Cl. The van der Waals surface area contributed by atoms with Crippen LogP contribution in [0.4, 0.5) is 18.9 Å². The van der Waals surface area contributed by atoms with Gasteiger partial charge in [-0.2, -0.15) is 13.2 Å². The molecule has 0 fully saturated rings. The zero-order valence-corrected chi connectivity index (χ0v) is 13.3. The van der Waals surface area contributed by atoms with Gasteiger partial charge in [-0.3, -0.25) is 0 Å². The predicted octanol–water partition coefficient (Wildman–Crippen LogP) is 5.10. The Labute approximate surface area is 130 Å². The van der Waals surface area contributed by atoms with Crippen molar-refractivity contribution in [1.82, 2.24) is 5.32 Å². The van der Waals surface area contributed by atoms with Gasteiger partial charge in [-0.1, -0.05) is 23.2 Å². The number of halogens is 5. The number of hydrogen-bond acceptors (Lipinski definition) is 1. The van der Waals surface area contributed by atoms with E-state index in [0.29, 0.717) is 0 Å². The molecular formula is C12H13Cl2F3N2S. The van der Waals surface area contributed by atoms with Gasteiger partial charge in [0.1, 0.15) is 0 Å². The van der Waals surface area contributed by atoms with Gasteiger partial charge >= 0.3 is 6.18 Å². The number of alkyl halides is 3. The first-order valence-electron chi connectivity index (χ1n) is 5.55. The van der Waals surface area contributed by atoms with Crippen LogP contribution in [-0.4, -0.2) is 10.7 Å². The first kappa shape index (κ1) is 17.3. The van der Waals surface area contributed by atoms with Crippen molar-refractivity contribution in [2.45, 2.75) is 32.5 Å². The van der Waals surface area contributed by atoms with E-state index in [1.54, 1.807) is 0 Å². The second kappa shape index (κ2) is 5.95. The fourth-order valence-electron chi connectivity index (χ4n) is 1.36. The van der Waals surface area contributed by atoms with E-state index in [2.05, 4.69) is 10.6 Å². The summed E-state index contributed by atoms with van der Waals surface area (Å²) in [7, 11) is 0. The molecule has 1 aromatic rings. The van der Waals surface area contributed by atoms with Crippen LogP contribution in [0.15, 0.2) is 12.1 Å². The molecule has 0 aliphatic heterocycles. The van der Waals surface area contributed by atoms with E-state index in [-0.39, 0.29) is 21.4 Å². The van der Waals surface area contributed by atoms with Gasteiger partial charge in [-0.25, -0.2) is 0 Å². The summed E-state index contributed by atoms with van der Waals surface area (Å²) in [4.78, 5) is 0. The molecule has 2 N–H and O–H groups in total. The van der Waals surface area contributed by atoms with Crippen LogP contribution in [0.25, 0.3) is 0 Å². The van der Waals surface area contributed by atoms with Gasteiger partial charge < -0.3 is 10.6 Å². The van der Waals surface area contributed by atoms with E-state index in [1.165, 1.54) is 0 Å². The van der Waals surface area contributed by atoms with Crippen LogP contribution in [0, 0.1) is 0 Å². The third-order valence-electron chi connectivity index (χ3n) is 2.10. The molecule has 0 bridgehead atoms. The van der Waals surface area contributed by atoms with E-state index in [9.17, 15) is 13.2 Å². The summed E-state index contributed by atoms with van der Waals surface area (Å²) in [6.07, 6.45) is -4.56. The van der Waals surface area contributed by atoms with Gasteiger partial charge in [-0.05, 0) is 45.1 Å². The van der Waals surface area contributed by atoms with Crippen molar-refractivity contribution in [3.05, 3.63) is 27.7 Å². The smallest absolute Gasteiger partial charge is 0.358 e. The van der Waals surface area contributed by atoms with Gasteiger partial charge in [0.15, 0.2) is 5.11 Å². The molecule has 2 nitrogen and oxygen atoms in total. The van der Waals surface area contributed by atoms with Crippen molar-refractivity contribution in [3.8, 4) is 0 Å². The molecule has 0 atom stereocenters. The molecule has 0 unspecified atom stereocenters. The molecule has 0 amide bonds. The van der Waals surface area contributed by atoms with Gasteiger partial charge in [0, 0.05) is 5.54 Å². The monoisotopic (exact) mass is 344 g/mol. The second-order valence-corrected chi connectivity index (χ2v) is 6.36. The lowest BCUT2D eigenvalue weighted by atomic mass is 10.1. The standard InChI is InChI=1S/C12H13Cl2F3N2S/c1-11(2,3)19-10(20)18-9-4-6(12(15,16)17)7(13)5-8(9)14/h4-5H,1-3H3,(H2,18,19,20). The molecule has 1 aromatic carbocycles. The Morgan fingerprint density at radius 3 is 2.10 bits per heavy atom. The van der Waals surface area contributed by atoms with Crippen molar-refractivity contribution in [1.29, 1.82) is 0 Å². The molecule has 0 radical (unpaired) electrons. The Balaban J connectivity index is 3.05. The highest BCUT2D eigenvalue weighted by atomic mass is 35.5. The Morgan fingerprint density at radius 2 is 1.65 bits per heavy atom. The van der Waals surface area contributed by atoms with Crippen molar-refractivity contribution >= 4 is 46.2 Å². The van der Waals surface area contributed by atoms with Gasteiger partial charge in [0.05, 0.1) is 21.3 Å². The lowest BCUT2D eigenvalue weighted by molar-refractivity contribution is -0.137. The maximum Gasteiger partial charge on any atom is 0.417 e. The molecule has 0 aliphatic rings. The molecule has 0 aromatic heterocycles. The average molecular weight is 345 g/mol. The molecule has 0 saturated carbocycles. The number of nitrogens with one attached hydrogen (secondary N) is 2. The maximum atomic E-state index is 12.8. The van der Waals surface area contributed by atoms with Gasteiger partial charge in [0.25, 0.3) is 0 Å². The maximum absolute atomic E-state index is 12.8. The molecule has 20 heavy (non-hydrogen) atoms. The summed E-state index contributed by atoms with van der Waals surface area (Å²) in [6, 6.07) is 1.87. The minimum absolute atomic E-state index is 0.0464. The first-order valence-corrected chi connectivity index (χ1v) is 6.72. The molecule has 0 saturated heterocycles. The van der Waals surface area contributed by atoms with E-state index >= 15 is 0 Å². The third kappa shape index (κ3) is 5.00. The number of hydrogen-bond donors (Lipinski definition) is 2. The summed E-state index contributed by atoms with van der Waals surface area (Å²) in [6.45, 7) is 5.60. The normalized spacial score (nSPS) is 12.2. The summed E-state index contributed by atoms with van der Waals surface area (Å²) < 4.78 is 38.3. The van der Waals surface area contributed by atoms with Crippen molar-refractivity contribution in [2.75, 3.05) is 5.32 Å². The number of rotatable bonds is 1. The topological polar surface area (TPSA) is 24.1 Å². The second-order valence-electron chi connectivity index (χ2n) is 5.14. The van der Waals surface area contributed by atoms with Crippen LogP contribution in [0.3, 0.4) is 0 Å². The highest BCUT2D eigenvalue weighted by Gasteiger charge is 2.34. The molecule has 0 heterocycles. The Kier molecular flexibility index (Phi) is 5.16. The van der Waals surface area contributed by atoms with Crippen LogP contribution >= 0.6 is 35.4 Å². The van der Waals surface area contributed by atoms with Crippen molar-refractivity contribution in [3.63, 3.8) is 0 Å². The highest BCUT2D eigenvalue weighted by molar-refractivity contribution is 7.80. The molecule has 0 spiro atoms. The van der Waals surface area contributed by atoms with E-state index in [4.69, 9.17) is 35.4 Å². The predicted molar refractivity (Wildman–Crippen MR) is 80.6 cm³/mol. The molecular weight excluding hydrogens is 332 g/mol. The fraction of sp³-hybridized carbons (Fsp3) is 0.417. The number of anilines is 1. The lowest BCUT2D eigenvalue weighted by Gasteiger charge is -2.23. The van der Waals surface area contributed by atoms with Crippen LogP contribution in [0.2, 0.25) is 10.0 Å². The zero-order chi connectivity index (χ0) is 15.7. The van der Waals surface area contributed by atoms with Gasteiger partial charge in [0.2, 0.25) is 0 Å². The van der Waals surface area contributed by atoms with Crippen molar-refractivity contribution < 1.29 is 13.2 Å². The zero-order valence-electron chi connectivity index (χ0n) is 11.0. The minimum Gasteiger partial charge on any atom is -0.358 e. The van der Waals surface area contributed by atoms with Crippen LogP contribution in [0.5, 0.6) is 0 Å². The van der Waals surface area contributed by atoms with Crippen molar-refractivity contribution in [2.24, 2.45) is 0 Å². The summed E-state index contributed by atoms with van der Waals surface area (Å²) in [5.41, 5.74) is -1.25. The quantitative estimate of drug-likeness (QED) is 0.693. The van der Waals surface area contributed by atoms with Crippen LogP contribution < -0.4 is 10.6 Å². The van der Waals surface area contributed by atoms with Crippen LogP contribution in [-0.2, 0) is 6.18 Å². The summed E-state index contributed by atoms with van der Waals surface area (Å²) in [5, 5.41) is 5.33. The molecule has 8 heteroatoms.